The van der Waals surface area contributed by atoms with Gasteiger partial charge in [0.25, 0.3) is 0 Å². The predicted molar refractivity (Wildman–Crippen MR) is 76.4 cm³/mol. The lowest BCUT2D eigenvalue weighted by molar-refractivity contribution is 0.121. The van der Waals surface area contributed by atoms with E-state index >= 15 is 0 Å². The highest BCUT2D eigenvalue weighted by molar-refractivity contribution is 4.81. The molecule has 0 aromatic heterocycles. The smallest absolute Gasteiger partial charge is 0.0194 e. The first-order valence-corrected chi connectivity index (χ1v) is 7.53. The summed E-state index contributed by atoms with van der Waals surface area (Å²) in [5.41, 5.74) is 0.577. The van der Waals surface area contributed by atoms with Crippen LogP contribution < -0.4 is 5.32 Å². The molecule has 2 heteroatoms. The molecule has 102 valence electrons. The van der Waals surface area contributed by atoms with E-state index in [1.807, 2.05) is 0 Å². The first kappa shape index (κ1) is 15.0. The Kier molecular flexibility index (Phi) is 6.50. The highest BCUT2D eigenvalue weighted by atomic mass is 15.2. The summed E-state index contributed by atoms with van der Waals surface area (Å²) in [6.07, 6.45) is 6.58. The minimum absolute atomic E-state index is 0.577. The third-order valence-corrected chi connectivity index (χ3v) is 4.01. The summed E-state index contributed by atoms with van der Waals surface area (Å²) in [6, 6.07) is 0.709. The van der Waals surface area contributed by atoms with E-state index in [2.05, 4.69) is 37.9 Å². The van der Waals surface area contributed by atoms with Gasteiger partial charge < -0.3 is 10.2 Å². The molecule has 1 atom stereocenters. The summed E-state index contributed by atoms with van der Waals surface area (Å²) in [5, 5.41) is 3.70. The van der Waals surface area contributed by atoms with Crippen molar-refractivity contribution in [2.75, 3.05) is 26.2 Å². The van der Waals surface area contributed by atoms with Crippen molar-refractivity contribution in [2.24, 2.45) is 5.41 Å². The van der Waals surface area contributed by atoms with Crippen molar-refractivity contribution in [1.29, 1.82) is 0 Å². The predicted octanol–water partition coefficient (Wildman–Crippen LogP) is 3.28. The van der Waals surface area contributed by atoms with Crippen LogP contribution in [-0.4, -0.2) is 37.1 Å². The lowest BCUT2D eigenvalue weighted by atomic mass is 9.82. The van der Waals surface area contributed by atoms with Crippen LogP contribution in [0.3, 0.4) is 0 Å². The molecule has 1 N–H and O–H groups in total. The summed E-state index contributed by atoms with van der Waals surface area (Å²) >= 11 is 0. The lowest BCUT2D eigenvalue weighted by Gasteiger charge is -2.38. The molecule has 0 bridgehead atoms. The van der Waals surface area contributed by atoms with Crippen molar-refractivity contribution < 1.29 is 0 Å². The van der Waals surface area contributed by atoms with Crippen molar-refractivity contribution in [3.63, 3.8) is 0 Å². The van der Waals surface area contributed by atoms with Crippen LogP contribution in [-0.2, 0) is 0 Å². The highest BCUT2D eigenvalue weighted by Gasteiger charge is 2.26. The van der Waals surface area contributed by atoms with Crippen molar-refractivity contribution >= 4 is 0 Å². The molecule has 0 spiro atoms. The summed E-state index contributed by atoms with van der Waals surface area (Å²) in [6.45, 7) is 14.4. The van der Waals surface area contributed by atoms with Crippen LogP contribution in [0.4, 0.5) is 0 Å². The zero-order valence-corrected chi connectivity index (χ0v) is 12.4. The number of nitrogens with one attached hydrogen (secondary N) is 1. The topological polar surface area (TPSA) is 15.3 Å². The average Bonchev–Trinajstić information content (AvgIpc) is 2.29. The zero-order chi connectivity index (χ0) is 12.7. The van der Waals surface area contributed by atoms with Gasteiger partial charge in [-0.3, -0.25) is 0 Å². The van der Waals surface area contributed by atoms with Gasteiger partial charge in [0.15, 0.2) is 0 Å². The van der Waals surface area contributed by atoms with Gasteiger partial charge in [-0.1, -0.05) is 34.1 Å². The number of hydrogen-bond donors (Lipinski definition) is 1. The minimum atomic E-state index is 0.577. The van der Waals surface area contributed by atoms with Crippen LogP contribution >= 0.6 is 0 Å². The maximum Gasteiger partial charge on any atom is 0.0194 e. The maximum absolute atomic E-state index is 3.70. The Morgan fingerprint density at radius 2 is 1.76 bits per heavy atom. The quantitative estimate of drug-likeness (QED) is 0.735. The lowest BCUT2D eigenvalue weighted by Crippen LogP contribution is -2.45. The summed E-state index contributed by atoms with van der Waals surface area (Å²) < 4.78 is 0. The zero-order valence-electron chi connectivity index (χ0n) is 12.4. The Bertz CT molecular complexity index is 191. The number of likely N-dealkylation sites (tertiary alicyclic amines) is 1. The second kappa shape index (κ2) is 7.38. The molecule has 2 nitrogen and oxygen atoms in total. The Labute approximate surface area is 108 Å². The van der Waals surface area contributed by atoms with E-state index in [9.17, 15) is 0 Å². The number of hydrogen-bond acceptors (Lipinski definition) is 2. The molecular weight excluding hydrogens is 208 g/mol. The van der Waals surface area contributed by atoms with E-state index in [0.717, 1.165) is 0 Å². The van der Waals surface area contributed by atoms with Gasteiger partial charge in [0.05, 0.1) is 0 Å². The molecule has 17 heavy (non-hydrogen) atoms. The maximum atomic E-state index is 3.70. The molecule has 0 saturated carbocycles. The second-order valence-electron chi connectivity index (χ2n) is 6.40. The average molecular weight is 240 g/mol. The van der Waals surface area contributed by atoms with Crippen LogP contribution in [0.25, 0.3) is 0 Å². The number of nitrogens with zero attached hydrogens (tertiary/aromatic N) is 1. The summed E-state index contributed by atoms with van der Waals surface area (Å²) in [7, 11) is 0. The molecule has 1 aliphatic rings. The molecule has 1 heterocycles. The number of rotatable bonds is 7. The molecule has 1 fully saturated rings. The first-order chi connectivity index (χ1) is 8.07. The molecule has 0 aromatic rings. The van der Waals surface area contributed by atoms with Gasteiger partial charge in [-0.2, -0.15) is 0 Å². The third kappa shape index (κ3) is 5.87. The fourth-order valence-electron chi connectivity index (χ4n) is 2.61. The fraction of sp³-hybridized carbons (Fsp3) is 1.00. The van der Waals surface area contributed by atoms with Gasteiger partial charge in [-0.15, -0.1) is 0 Å². The van der Waals surface area contributed by atoms with Gasteiger partial charge in [0.2, 0.25) is 0 Å². The molecule has 0 amide bonds. The monoisotopic (exact) mass is 240 g/mol. The van der Waals surface area contributed by atoms with E-state index in [1.165, 1.54) is 58.3 Å². The van der Waals surface area contributed by atoms with Crippen LogP contribution in [0.2, 0.25) is 0 Å². The Balaban J connectivity index is 2.29. The normalized spacial score (nSPS) is 22.6. The van der Waals surface area contributed by atoms with E-state index < -0.39 is 0 Å². The Morgan fingerprint density at radius 1 is 1.12 bits per heavy atom. The molecule has 0 aromatic carbocycles. The third-order valence-electron chi connectivity index (χ3n) is 4.01. The molecular formula is C15H32N2. The van der Waals surface area contributed by atoms with Gasteiger partial charge in [0.1, 0.15) is 0 Å². The molecule has 1 aliphatic heterocycles. The van der Waals surface area contributed by atoms with Gasteiger partial charge in [-0.05, 0) is 50.7 Å². The SMILES string of the molecule is CCCNC(CCC)CN1CCC(C)(C)CC1. The van der Waals surface area contributed by atoms with Crippen LogP contribution in [0.1, 0.15) is 59.8 Å². The molecule has 0 radical (unpaired) electrons. The van der Waals surface area contributed by atoms with Crippen molar-refractivity contribution in [3.05, 3.63) is 0 Å². The molecule has 1 unspecified atom stereocenters. The standard InChI is InChI=1S/C15H32N2/c1-5-7-14(16-10-6-2)13-17-11-8-15(3,4)9-12-17/h14,16H,5-13H2,1-4H3. The Hall–Kier alpha value is -0.0800. The van der Waals surface area contributed by atoms with Gasteiger partial charge in [0, 0.05) is 12.6 Å². The molecule has 0 aliphatic carbocycles. The second-order valence-corrected chi connectivity index (χ2v) is 6.40. The highest BCUT2D eigenvalue weighted by Crippen LogP contribution is 2.29. The molecule has 1 saturated heterocycles. The van der Waals surface area contributed by atoms with Gasteiger partial charge in [-0.25, -0.2) is 0 Å². The summed E-state index contributed by atoms with van der Waals surface area (Å²) in [5.74, 6) is 0. The number of piperidine rings is 1. The fourth-order valence-corrected chi connectivity index (χ4v) is 2.61. The van der Waals surface area contributed by atoms with Crippen LogP contribution in [0.5, 0.6) is 0 Å². The van der Waals surface area contributed by atoms with Crippen molar-refractivity contribution in [1.82, 2.24) is 10.2 Å². The summed E-state index contributed by atoms with van der Waals surface area (Å²) in [4.78, 5) is 2.66. The van der Waals surface area contributed by atoms with Crippen LogP contribution in [0.15, 0.2) is 0 Å². The van der Waals surface area contributed by atoms with Crippen molar-refractivity contribution in [3.8, 4) is 0 Å². The first-order valence-electron chi connectivity index (χ1n) is 7.53. The minimum Gasteiger partial charge on any atom is -0.313 e. The van der Waals surface area contributed by atoms with E-state index in [0.29, 0.717) is 11.5 Å². The van der Waals surface area contributed by atoms with Crippen LogP contribution in [0, 0.1) is 5.41 Å². The Morgan fingerprint density at radius 3 is 2.29 bits per heavy atom. The van der Waals surface area contributed by atoms with Gasteiger partial charge >= 0.3 is 0 Å². The van der Waals surface area contributed by atoms with E-state index in [-0.39, 0.29) is 0 Å². The van der Waals surface area contributed by atoms with E-state index in [1.54, 1.807) is 0 Å². The largest absolute Gasteiger partial charge is 0.313 e. The van der Waals surface area contributed by atoms with E-state index in [4.69, 9.17) is 0 Å². The molecule has 1 rings (SSSR count). The van der Waals surface area contributed by atoms with Crippen molar-refractivity contribution in [2.45, 2.75) is 65.8 Å².